The van der Waals surface area contributed by atoms with E-state index >= 15 is 0 Å². The minimum absolute atomic E-state index is 0.647. The summed E-state index contributed by atoms with van der Waals surface area (Å²) in [5, 5.41) is 0. The van der Waals surface area contributed by atoms with E-state index < -0.39 is 0 Å². The van der Waals surface area contributed by atoms with E-state index in [4.69, 9.17) is 4.98 Å². The number of unbranched alkanes of at least 4 members (excludes halogenated alkanes) is 4. The highest BCUT2D eigenvalue weighted by molar-refractivity contribution is 5.13. The van der Waals surface area contributed by atoms with Crippen molar-refractivity contribution in [2.45, 2.75) is 85.0 Å². The highest BCUT2D eigenvalue weighted by Crippen LogP contribution is 2.26. The van der Waals surface area contributed by atoms with Gasteiger partial charge in [0.25, 0.3) is 0 Å². The lowest BCUT2D eigenvalue weighted by atomic mass is 9.94. The van der Waals surface area contributed by atoms with Crippen LogP contribution in [0.3, 0.4) is 0 Å². The van der Waals surface area contributed by atoms with E-state index in [0.29, 0.717) is 5.92 Å². The van der Waals surface area contributed by atoms with Crippen LogP contribution in [-0.2, 0) is 0 Å². The molecule has 0 radical (unpaired) electrons. The summed E-state index contributed by atoms with van der Waals surface area (Å²) in [4.78, 5) is 8.19. The first-order valence-electron chi connectivity index (χ1n) is 7.72. The second-order valence-corrected chi connectivity index (χ2v) is 5.52. The summed E-state index contributed by atoms with van der Waals surface area (Å²) < 4.78 is 0. The summed E-state index contributed by atoms with van der Waals surface area (Å²) >= 11 is 0. The molecule has 2 heteroatoms. The van der Waals surface area contributed by atoms with Crippen molar-refractivity contribution in [2.75, 3.05) is 0 Å². The lowest BCUT2D eigenvalue weighted by Crippen LogP contribution is -2.02. The van der Waals surface area contributed by atoms with Crippen LogP contribution in [-0.4, -0.2) is 9.97 Å². The number of nitrogens with zero attached hydrogens (tertiary/aromatic N) is 1. The fraction of sp³-hybridized carbons (Fsp3) is 0.812. The third-order valence-corrected chi connectivity index (χ3v) is 3.85. The smallest absolute Gasteiger partial charge is 0.109 e. The summed E-state index contributed by atoms with van der Waals surface area (Å²) in [5.41, 5.74) is 2.40. The summed E-state index contributed by atoms with van der Waals surface area (Å²) in [6.45, 7) is 8.77. The van der Waals surface area contributed by atoms with Gasteiger partial charge >= 0.3 is 0 Å². The summed E-state index contributed by atoms with van der Waals surface area (Å²) in [6.07, 6.45) is 10.6. The van der Waals surface area contributed by atoms with E-state index in [0.717, 1.165) is 0 Å². The summed E-state index contributed by atoms with van der Waals surface area (Å²) in [6, 6.07) is 0. The van der Waals surface area contributed by atoms with E-state index in [9.17, 15) is 0 Å². The number of aromatic nitrogens is 2. The second-order valence-electron chi connectivity index (χ2n) is 5.52. The molecule has 0 aliphatic rings. The van der Waals surface area contributed by atoms with Crippen molar-refractivity contribution in [3.05, 3.63) is 17.2 Å². The second kappa shape index (κ2) is 8.34. The van der Waals surface area contributed by atoms with Crippen LogP contribution in [0.25, 0.3) is 0 Å². The van der Waals surface area contributed by atoms with Crippen LogP contribution in [0.2, 0.25) is 0 Å². The molecule has 2 nitrogen and oxygen atoms in total. The molecule has 1 aromatic rings. The van der Waals surface area contributed by atoms with Crippen molar-refractivity contribution < 1.29 is 0 Å². The van der Waals surface area contributed by atoms with Gasteiger partial charge in [-0.15, -0.1) is 0 Å². The van der Waals surface area contributed by atoms with Crippen LogP contribution >= 0.6 is 0 Å². The molecule has 0 aromatic carbocycles. The first-order valence-corrected chi connectivity index (χ1v) is 7.72. The van der Waals surface area contributed by atoms with Gasteiger partial charge in [-0.25, -0.2) is 4.98 Å². The molecule has 18 heavy (non-hydrogen) atoms. The van der Waals surface area contributed by atoms with Gasteiger partial charge in [0.1, 0.15) is 5.82 Å². The molecule has 1 N–H and O–H groups in total. The molecule has 1 rings (SSSR count). The third kappa shape index (κ3) is 4.83. The molecular weight excluding hydrogens is 220 g/mol. The maximum Gasteiger partial charge on any atom is 0.109 e. The van der Waals surface area contributed by atoms with Gasteiger partial charge in [0.2, 0.25) is 0 Å². The maximum atomic E-state index is 4.71. The van der Waals surface area contributed by atoms with Crippen molar-refractivity contribution in [3.63, 3.8) is 0 Å². The van der Waals surface area contributed by atoms with Crippen molar-refractivity contribution in [3.8, 4) is 0 Å². The molecule has 1 atom stereocenters. The molecule has 0 aliphatic carbocycles. The van der Waals surface area contributed by atoms with E-state index in [1.807, 2.05) is 0 Å². The fourth-order valence-corrected chi connectivity index (χ4v) is 2.45. The molecule has 0 aliphatic heterocycles. The van der Waals surface area contributed by atoms with Crippen LogP contribution in [0, 0.1) is 13.8 Å². The van der Waals surface area contributed by atoms with Gasteiger partial charge in [-0.1, -0.05) is 52.4 Å². The first-order chi connectivity index (χ1) is 8.69. The highest BCUT2D eigenvalue weighted by atomic mass is 14.9. The quantitative estimate of drug-likeness (QED) is 0.594. The van der Waals surface area contributed by atoms with Crippen LogP contribution in [0.15, 0.2) is 0 Å². The molecule has 104 valence electrons. The summed E-state index contributed by atoms with van der Waals surface area (Å²) in [5.74, 6) is 1.88. The Bertz CT molecular complexity index is 308. The predicted molar refractivity (Wildman–Crippen MR) is 79.1 cm³/mol. The SMILES string of the molecule is CCCCCCC(CCCC)c1nc(C)c(C)[nH]1. The first kappa shape index (κ1) is 15.3. The van der Waals surface area contributed by atoms with Gasteiger partial charge in [0.05, 0.1) is 5.69 Å². The van der Waals surface area contributed by atoms with E-state index in [2.05, 4.69) is 32.7 Å². The van der Waals surface area contributed by atoms with Crippen LogP contribution in [0.5, 0.6) is 0 Å². The number of aromatic amines is 1. The monoisotopic (exact) mass is 250 g/mol. The predicted octanol–water partition coefficient (Wildman–Crippen LogP) is 5.27. The van der Waals surface area contributed by atoms with Crippen LogP contribution in [0.1, 0.15) is 88.3 Å². The number of imidazole rings is 1. The zero-order valence-electron chi connectivity index (χ0n) is 12.7. The van der Waals surface area contributed by atoms with Gasteiger partial charge in [-0.3, -0.25) is 0 Å². The zero-order chi connectivity index (χ0) is 13.4. The van der Waals surface area contributed by atoms with E-state index in [1.165, 1.54) is 68.6 Å². The molecular formula is C16H30N2. The molecule has 0 saturated carbocycles. The van der Waals surface area contributed by atoms with Crippen LogP contribution < -0.4 is 0 Å². The van der Waals surface area contributed by atoms with Gasteiger partial charge < -0.3 is 4.98 Å². The Labute approximate surface area is 113 Å². The van der Waals surface area contributed by atoms with Gasteiger partial charge in [0, 0.05) is 11.6 Å². The largest absolute Gasteiger partial charge is 0.346 e. The Morgan fingerprint density at radius 3 is 2.17 bits per heavy atom. The lowest BCUT2D eigenvalue weighted by Gasteiger charge is -2.14. The standard InChI is InChI=1S/C16H30N2/c1-5-7-9-10-12-15(11-8-6-2)16-17-13(3)14(4)18-16/h15H,5-12H2,1-4H3,(H,17,18). The van der Waals surface area contributed by atoms with Crippen molar-refractivity contribution in [1.82, 2.24) is 9.97 Å². The zero-order valence-corrected chi connectivity index (χ0v) is 12.7. The average Bonchev–Trinajstić information content (AvgIpc) is 2.68. The minimum Gasteiger partial charge on any atom is -0.346 e. The maximum absolute atomic E-state index is 4.71. The van der Waals surface area contributed by atoms with Gasteiger partial charge in [0.15, 0.2) is 0 Å². The molecule has 0 amide bonds. The van der Waals surface area contributed by atoms with E-state index in [-0.39, 0.29) is 0 Å². The van der Waals surface area contributed by atoms with Crippen molar-refractivity contribution >= 4 is 0 Å². The van der Waals surface area contributed by atoms with Crippen molar-refractivity contribution in [1.29, 1.82) is 0 Å². The number of hydrogen-bond acceptors (Lipinski definition) is 1. The Balaban J connectivity index is 2.54. The van der Waals surface area contributed by atoms with Crippen LogP contribution in [0.4, 0.5) is 0 Å². The Kier molecular flexibility index (Phi) is 7.07. The third-order valence-electron chi connectivity index (χ3n) is 3.85. The fourth-order valence-electron chi connectivity index (χ4n) is 2.45. The molecule has 1 aromatic heterocycles. The number of aryl methyl sites for hydroxylation is 2. The average molecular weight is 250 g/mol. The number of rotatable bonds is 9. The normalized spacial score (nSPS) is 12.9. The highest BCUT2D eigenvalue weighted by Gasteiger charge is 2.15. The molecule has 1 heterocycles. The Morgan fingerprint density at radius 2 is 1.61 bits per heavy atom. The Hall–Kier alpha value is -0.790. The van der Waals surface area contributed by atoms with Crippen molar-refractivity contribution in [2.24, 2.45) is 0 Å². The molecule has 0 spiro atoms. The summed E-state index contributed by atoms with van der Waals surface area (Å²) in [7, 11) is 0. The Morgan fingerprint density at radius 1 is 0.944 bits per heavy atom. The molecule has 0 bridgehead atoms. The van der Waals surface area contributed by atoms with Gasteiger partial charge in [-0.05, 0) is 26.7 Å². The molecule has 0 fully saturated rings. The molecule has 1 unspecified atom stereocenters. The number of nitrogens with one attached hydrogen (secondary N) is 1. The minimum atomic E-state index is 0.647. The lowest BCUT2D eigenvalue weighted by molar-refractivity contribution is 0.492. The topological polar surface area (TPSA) is 28.7 Å². The number of hydrogen-bond donors (Lipinski definition) is 1. The number of H-pyrrole nitrogens is 1. The van der Waals surface area contributed by atoms with Gasteiger partial charge in [-0.2, -0.15) is 0 Å². The van der Waals surface area contributed by atoms with E-state index in [1.54, 1.807) is 0 Å². The molecule has 0 saturated heterocycles.